The first-order valence-corrected chi connectivity index (χ1v) is 6.98. The van der Waals surface area contributed by atoms with E-state index < -0.39 is 5.97 Å². The molecule has 6 heteroatoms. The molecule has 0 atom stereocenters. The lowest BCUT2D eigenvalue weighted by molar-refractivity contribution is -0.138. The van der Waals surface area contributed by atoms with Crippen molar-refractivity contribution in [2.75, 3.05) is 39.8 Å². The number of rotatable bonds is 4. The van der Waals surface area contributed by atoms with E-state index in [2.05, 4.69) is 0 Å². The molecule has 1 amide bonds. The lowest BCUT2D eigenvalue weighted by atomic mass is 10.1. The molecule has 1 saturated heterocycles. The van der Waals surface area contributed by atoms with E-state index in [1.165, 1.54) is 0 Å². The molecule has 0 aliphatic carbocycles. The monoisotopic (exact) mass is 292 g/mol. The number of hydrogen-bond donors (Lipinski definition) is 1. The lowest BCUT2D eigenvalue weighted by Gasteiger charge is -2.22. The molecule has 1 N–H and O–H groups in total. The van der Waals surface area contributed by atoms with Crippen molar-refractivity contribution in [3.05, 3.63) is 29.8 Å². The number of aliphatic carboxylic acids is 1. The molecule has 0 aromatic heterocycles. The maximum Gasteiger partial charge on any atom is 0.317 e. The zero-order valence-corrected chi connectivity index (χ0v) is 12.1. The first-order valence-electron chi connectivity index (χ1n) is 6.98. The summed E-state index contributed by atoms with van der Waals surface area (Å²) >= 11 is 0. The number of carboxylic acid groups (broad SMARTS) is 1. The Morgan fingerprint density at radius 1 is 1.19 bits per heavy atom. The highest BCUT2D eigenvalue weighted by Crippen LogP contribution is 2.20. The number of para-hydroxylation sites is 1. The molecule has 114 valence electrons. The van der Waals surface area contributed by atoms with Crippen LogP contribution in [0.25, 0.3) is 0 Å². The Kier molecular flexibility index (Phi) is 5.16. The predicted octanol–water partition coefficient (Wildman–Crippen LogP) is 0.928. The topological polar surface area (TPSA) is 70.1 Å². The highest BCUT2D eigenvalue weighted by Gasteiger charge is 2.23. The third kappa shape index (κ3) is 3.95. The molecular weight excluding hydrogens is 272 g/mol. The van der Waals surface area contributed by atoms with Crippen LogP contribution in [-0.4, -0.2) is 66.6 Å². The second kappa shape index (κ2) is 7.08. The first-order chi connectivity index (χ1) is 10.1. The minimum absolute atomic E-state index is 0.0245. The minimum Gasteiger partial charge on any atom is -0.496 e. The Bertz CT molecular complexity index is 518. The maximum absolute atomic E-state index is 12.6. The SMILES string of the molecule is COc1ccccc1C(=O)N1CCCN(CC(=O)O)CC1. The number of methoxy groups -OCH3 is 1. The van der Waals surface area contributed by atoms with E-state index in [0.717, 1.165) is 6.42 Å². The van der Waals surface area contributed by atoms with Crippen molar-refractivity contribution in [1.82, 2.24) is 9.80 Å². The largest absolute Gasteiger partial charge is 0.496 e. The van der Waals surface area contributed by atoms with Gasteiger partial charge in [0.2, 0.25) is 0 Å². The molecule has 0 unspecified atom stereocenters. The molecular formula is C15H20N2O4. The summed E-state index contributed by atoms with van der Waals surface area (Å²) in [6, 6.07) is 7.15. The van der Waals surface area contributed by atoms with Crippen LogP contribution in [0, 0.1) is 0 Å². The summed E-state index contributed by atoms with van der Waals surface area (Å²) in [5, 5.41) is 8.84. The fourth-order valence-corrected chi connectivity index (χ4v) is 2.52. The van der Waals surface area contributed by atoms with E-state index in [0.29, 0.717) is 37.5 Å². The number of nitrogens with zero attached hydrogens (tertiary/aromatic N) is 2. The zero-order valence-electron chi connectivity index (χ0n) is 12.1. The summed E-state index contributed by atoms with van der Waals surface area (Å²) in [6.07, 6.45) is 0.772. The maximum atomic E-state index is 12.6. The van der Waals surface area contributed by atoms with Crippen LogP contribution in [0.15, 0.2) is 24.3 Å². The molecule has 0 spiro atoms. The third-order valence-corrected chi connectivity index (χ3v) is 3.57. The van der Waals surface area contributed by atoms with Crippen LogP contribution in [0.1, 0.15) is 16.8 Å². The van der Waals surface area contributed by atoms with Gasteiger partial charge in [-0.05, 0) is 18.6 Å². The van der Waals surface area contributed by atoms with Crippen LogP contribution >= 0.6 is 0 Å². The van der Waals surface area contributed by atoms with Crippen molar-refractivity contribution >= 4 is 11.9 Å². The van der Waals surface area contributed by atoms with Gasteiger partial charge in [-0.15, -0.1) is 0 Å². The summed E-state index contributed by atoms with van der Waals surface area (Å²) in [4.78, 5) is 27.0. The van der Waals surface area contributed by atoms with Gasteiger partial charge >= 0.3 is 5.97 Å². The van der Waals surface area contributed by atoms with Gasteiger partial charge in [0.05, 0.1) is 19.2 Å². The van der Waals surface area contributed by atoms with Crippen LogP contribution in [0.5, 0.6) is 5.75 Å². The third-order valence-electron chi connectivity index (χ3n) is 3.57. The molecule has 1 fully saturated rings. The smallest absolute Gasteiger partial charge is 0.317 e. The average Bonchev–Trinajstić information content (AvgIpc) is 2.71. The number of hydrogen-bond acceptors (Lipinski definition) is 4. The second-order valence-corrected chi connectivity index (χ2v) is 5.02. The summed E-state index contributed by atoms with van der Waals surface area (Å²) in [5.41, 5.74) is 0.548. The molecule has 1 aliphatic rings. The van der Waals surface area contributed by atoms with E-state index in [-0.39, 0.29) is 12.5 Å². The van der Waals surface area contributed by atoms with Gasteiger partial charge in [0, 0.05) is 26.2 Å². The van der Waals surface area contributed by atoms with Crippen molar-refractivity contribution in [1.29, 1.82) is 0 Å². The molecule has 1 aliphatic heterocycles. The Morgan fingerprint density at radius 3 is 2.67 bits per heavy atom. The molecule has 0 radical (unpaired) electrons. The van der Waals surface area contributed by atoms with E-state index in [1.807, 2.05) is 17.0 Å². The molecule has 0 saturated carbocycles. The van der Waals surface area contributed by atoms with Gasteiger partial charge in [0.25, 0.3) is 5.91 Å². The fourth-order valence-electron chi connectivity index (χ4n) is 2.52. The average molecular weight is 292 g/mol. The first kappa shape index (κ1) is 15.3. The summed E-state index contributed by atoms with van der Waals surface area (Å²) in [7, 11) is 1.54. The Balaban J connectivity index is 2.05. The molecule has 1 aromatic carbocycles. The quantitative estimate of drug-likeness (QED) is 0.894. The summed E-state index contributed by atoms with van der Waals surface area (Å²) in [5.74, 6) is -0.335. The van der Waals surface area contributed by atoms with Gasteiger partial charge in [0.15, 0.2) is 0 Å². The lowest BCUT2D eigenvalue weighted by Crippen LogP contribution is -2.36. The molecule has 1 aromatic rings. The number of amides is 1. The van der Waals surface area contributed by atoms with Crippen LogP contribution in [0.2, 0.25) is 0 Å². The molecule has 0 bridgehead atoms. The number of carboxylic acids is 1. The highest BCUT2D eigenvalue weighted by molar-refractivity contribution is 5.97. The molecule has 1 heterocycles. The Morgan fingerprint density at radius 2 is 1.95 bits per heavy atom. The van der Waals surface area contributed by atoms with Gasteiger partial charge < -0.3 is 14.7 Å². The molecule has 6 nitrogen and oxygen atoms in total. The van der Waals surface area contributed by atoms with Crippen molar-refractivity contribution in [3.63, 3.8) is 0 Å². The highest BCUT2D eigenvalue weighted by atomic mass is 16.5. The Hall–Kier alpha value is -2.08. The Labute approximate surface area is 123 Å². The minimum atomic E-state index is -0.834. The number of benzene rings is 1. The fraction of sp³-hybridized carbons (Fsp3) is 0.467. The van der Waals surface area contributed by atoms with Crippen molar-refractivity contribution in [3.8, 4) is 5.75 Å². The van der Waals surface area contributed by atoms with E-state index in [4.69, 9.17) is 9.84 Å². The van der Waals surface area contributed by atoms with Crippen molar-refractivity contribution in [2.24, 2.45) is 0 Å². The molecule has 21 heavy (non-hydrogen) atoms. The standard InChI is InChI=1S/C15H20N2O4/c1-21-13-6-3-2-5-12(13)15(20)17-8-4-7-16(9-10-17)11-14(18)19/h2-3,5-6H,4,7-11H2,1H3,(H,18,19). The van der Waals surface area contributed by atoms with Gasteiger partial charge in [-0.1, -0.05) is 12.1 Å². The van der Waals surface area contributed by atoms with Crippen molar-refractivity contribution in [2.45, 2.75) is 6.42 Å². The van der Waals surface area contributed by atoms with Crippen LogP contribution < -0.4 is 4.74 Å². The molecule has 2 rings (SSSR count). The normalized spacial score (nSPS) is 16.3. The van der Waals surface area contributed by atoms with Gasteiger partial charge in [-0.25, -0.2) is 0 Å². The van der Waals surface area contributed by atoms with Gasteiger partial charge in [-0.3, -0.25) is 14.5 Å². The van der Waals surface area contributed by atoms with Crippen LogP contribution in [-0.2, 0) is 4.79 Å². The van der Waals surface area contributed by atoms with Crippen molar-refractivity contribution < 1.29 is 19.4 Å². The summed E-state index contributed by atoms with van der Waals surface area (Å²) < 4.78 is 5.23. The number of carbonyl (C=O) groups is 2. The van der Waals surface area contributed by atoms with Crippen LogP contribution in [0.4, 0.5) is 0 Å². The van der Waals surface area contributed by atoms with E-state index >= 15 is 0 Å². The number of ether oxygens (including phenoxy) is 1. The van der Waals surface area contributed by atoms with Gasteiger partial charge in [0.1, 0.15) is 5.75 Å². The summed E-state index contributed by atoms with van der Waals surface area (Å²) in [6.45, 7) is 2.46. The zero-order chi connectivity index (χ0) is 15.2. The van der Waals surface area contributed by atoms with Gasteiger partial charge in [-0.2, -0.15) is 0 Å². The second-order valence-electron chi connectivity index (χ2n) is 5.02. The van der Waals surface area contributed by atoms with Crippen LogP contribution in [0.3, 0.4) is 0 Å². The number of carbonyl (C=O) groups excluding carboxylic acids is 1. The van der Waals surface area contributed by atoms with E-state index in [9.17, 15) is 9.59 Å². The van der Waals surface area contributed by atoms with E-state index in [1.54, 1.807) is 24.1 Å². The predicted molar refractivity (Wildman–Crippen MR) is 77.6 cm³/mol.